The zero-order valence-electron chi connectivity index (χ0n) is 24.0. The number of amides is 3. The SMILES string of the molecule is CC(=O)N[C@H](C(=O)N1C[C@H](O)C[C@H]1C(=O)NCc1ccc(-c2scnc2C)cc1OC1CCNCC1)C(C)(C)C. The van der Waals surface area contributed by atoms with Crippen LogP contribution < -0.4 is 20.7 Å². The number of carbonyl (C=O) groups excluding carboxylic acids is 3. The zero-order valence-corrected chi connectivity index (χ0v) is 24.8. The molecule has 0 bridgehead atoms. The number of β-amino-alcohol motifs (C(OH)–C–C–N with tert-alkyl or cyclic N) is 1. The molecule has 0 aliphatic carbocycles. The van der Waals surface area contributed by atoms with Crippen LogP contribution in [0.4, 0.5) is 0 Å². The van der Waals surface area contributed by atoms with E-state index in [4.69, 9.17) is 4.74 Å². The number of benzene rings is 1. The fraction of sp³-hybridized carbons (Fsp3) is 0.586. The summed E-state index contributed by atoms with van der Waals surface area (Å²) in [5, 5.41) is 19.5. The molecule has 3 amide bonds. The third kappa shape index (κ3) is 7.18. The normalized spacial score (nSPS) is 20.7. The van der Waals surface area contributed by atoms with E-state index in [1.807, 2.05) is 51.4 Å². The van der Waals surface area contributed by atoms with Crippen molar-refractivity contribution in [3.05, 3.63) is 35.0 Å². The standard InChI is InChI=1S/C29H41N5O5S/c1-17-25(40-16-32-17)19-6-7-20(24(12-19)39-22-8-10-30-11-9-22)14-31-27(37)23-13-21(36)15-34(23)28(38)26(29(3,4)5)33-18(2)35/h6-7,12,16,21-23,26,30,36H,8-11,13-15H2,1-5H3,(H,31,37)(H,33,35)/t21-,23+,26-/m1/s1. The Bertz CT molecular complexity index is 1220. The largest absolute Gasteiger partial charge is 0.490 e. The predicted octanol–water partition coefficient (Wildman–Crippen LogP) is 2.38. The molecule has 3 heterocycles. The highest BCUT2D eigenvalue weighted by Crippen LogP contribution is 2.33. The molecule has 4 rings (SSSR count). The van der Waals surface area contributed by atoms with E-state index in [-0.39, 0.29) is 43.3 Å². The van der Waals surface area contributed by atoms with Crippen molar-refractivity contribution >= 4 is 29.1 Å². The second-order valence-corrected chi connectivity index (χ2v) is 12.6. The van der Waals surface area contributed by atoms with Gasteiger partial charge in [0.25, 0.3) is 0 Å². The van der Waals surface area contributed by atoms with Gasteiger partial charge in [0, 0.05) is 32.0 Å². The van der Waals surface area contributed by atoms with E-state index in [0.717, 1.165) is 53.4 Å². The number of likely N-dealkylation sites (tertiary alicyclic amines) is 1. The lowest BCUT2D eigenvalue weighted by Gasteiger charge is -2.35. The van der Waals surface area contributed by atoms with Gasteiger partial charge in [-0.05, 0) is 49.9 Å². The molecule has 4 N–H and O–H groups in total. The number of piperidine rings is 1. The van der Waals surface area contributed by atoms with Gasteiger partial charge < -0.3 is 30.7 Å². The molecule has 10 nitrogen and oxygen atoms in total. The minimum absolute atomic E-state index is 0.0378. The number of carbonyl (C=O) groups is 3. The Kier molecular flexibility index (Phi) is 9.48. The minimum atomic E-state index is -0.839. The van der Waals surface area contributed by atoms with Crippen LogP contribution in [-0.4, -0.2) is 76.6 Å². The van der Waals surface area contributed by atoms with Crippen molar-refractivity contribution in [3.8, 4) is 16.2 Å². The summed E-state index contributed by atoms with van der Waals surface area (Å²) in [6.07, 6.45) is 1.19. The quantitative estimate of drug-likeness (QED) is 0.382. The van der Waals surface area contributed by atoms with Gasteiger partial charge in [-0.2, -0.15) is 0 Å². The lowest BCUT2D eigenvalue weighted by atomic mass is 9.85. The topological polar surface area (TPSA) is 133 Å². The van der Waals surface area contributed by atoms with Crippen molar-refractivity contribution in [2.45, 2.75) is 84.7 Å². The van der Waals surface area contributed by atoms with Gasteiger partial charge in [-0.3, -0.25) is 14.4 Å². The highest BCUT2D eigenvalue weighted by molar-refractivity contribution is 7.13. The Labute approximate surface area is 239 Å². The third-order valence-electron chi connectivity index (χ3n) is 7.43. The number of aliphatic hydroxyl groups excluding tert-OH is 1. The summed E-state index contributed by atoms with van der Waals surface area (Å²) in [5.41, 5.74) is 4.05. The van der Waals surface area contributed by atoms with Crippen molar-refractivity contribution < 1.29 is 24.2 Å². The molecule has 1 aromatic heterocycles. The average Bonchev–Trinajstić information content (AvgIpc) is 3.51. The van der Waals surface area contributed by atoms with Crippen LogP contribution >= 0.6 is 11.3 Å². The van der Waals surface area contributed by atoms with E-state index >= 15 is 0 Å². The van der Waals surface area contributed by atoms with Gasteiger partial charge in [0.1, 0.15) is 23.9 Å². The molecule has 2 saturated heterocycles. The molecule has 2 aliphatic heterocycles. The first-order chi connectivity index (χ1) is 18.9. The number of aliphatic hydroxyl groups is 1. The Morgan fingerprint density at radius 2 is 1.98 bits per heavy atom. The van der Waals surface area contributed by atoms with Crippen LogP contribution in [0, 0.1) is 12.3 Å². The zero-order chi connectivity index (χ0) is 29.0. The summed E-state index contributed by atoms with van der Waals surface area (Å²) in [6.45, 7) is 10.9. The summed E-state index contributed by atoms with van der Waals surface area (Å²) in [7, 11) is 0. The smallest absolute Gasteiger partial charge is 0.246 e. The number of nitrogens with zero attached hydrogens (tertiary/aromatic N) is 2. The van der Waals surface area contributed by atoms with Gasteiger partial charge in [-0.15, -0.1) is 11.3 Å². The van der Waals surface area contributed by atoms with Gasteiger partial charge in [-0.1, -0.05) is 32.9 Å². The van der Waals surface area contributed by atoms with Crippen molar-refractivity contribution in [3.63, 3.8) is 0 Å². The highest BCUT2D eigenvalue weighted by Gasteiger charge is 2.44. The van der Waals surface area contributed by atoms with Crippen LogP contribution in [0.15, 0.2) is 23.7 Å². The molecular weight excluding hydrogens is 530 g/mol. The van der Waals surface area contributed by atoms with Crippen molar-refractivity contribution in [2.75, 3.05) is 19.6 Å². The van der Waals surface area contributed by atoms with Gasteiger partial charge in [-0.25, -0.2) is 4.98 Å². The summed E-state index contributed by atoms with van der Waals surface area (Å²) >= 11 is 1.58. The summed E-state index contributed by atoms with van der Waals surface area (Å²) in [4.78, 5) is 45.6. The third-order valence-corrected chi connectivity index (χ3v) is 8.41. The number of aryl methyl sites for hydroxylation is 1. The van der Waals surface area contributed by atoms with Crippen LogP contribution in [0.2, 0.25) is 0 Å². The van der Waals surface area contributed by atoms with Gasteiger partial charge in [0.05, 0.1) is 22.2 Å². The van der Waals surface area contributed by atoms with Crippen molar-refractivity contribution in [1.29, 1.82) is 0 Å². The molecule has 3 atom stereocenters. The second kappa shape index (κ2) is 12.7. The molecule has 11 heteroatoms. The second-order valence-electron chi connectivity index (χ2n) is 11.8. The molecule has 2 aliphatic rings. The molecule has 0 unspecified atom stereocenters. The number of hydrogen-bond donors (Lipinski definition) is 4. The lowest BCUT2D eigenvalue weighted by Crippen LogP contribution is -2.57. The Hall–Kier alpha value is -3.02. The first kappa shape index (κ1) is 30.0. The van der Waals surface area contributed by atoms with Crippen molar-refractivity contribution in [2.24, 2.45) is 5.41 Å². The van der Waals surface area contributed by atoms with E-state index in [1.54, 1.807) is 11.3 Å². The van der Waals surface area contributed by atoms with Crippen LogP contribution in [-0.2, 0) is 20.9 Å². The molecule has 2 aromatic rings. The monoisotopic (exact) mass is 571 g/mol. The Balaban J connectivity index is 1.52. The first-order valence-corrected chi connectivity index (χ1v) is 14.8. The molecule has 0 radical (unpaired) electrons. The number of rotatable bonds is 8. The summed E-state index contributed by atoms with van der Waals surface area (Å²) in [6, 6.07) is 4.32. The maximum atomic E-state index is 13.5. The molecule has 0 spiro atoms. The number of ether oxygens (including phenoxy) is 1. The predicted molar refractivity (Wildman–Crippen MR) is 154 cm³/mol. The number of aromatic nitrogens is 1. The molecule has 218 valence electrons. The van der Waals surface area contributed by atoms with Crippen LogP contribution in [0.5, 0.6) is 5.75 Å². The van der Waals surface area contributed by atoms with Crippen molar-refractivity contribution in [1.82, 2.24) is 25.8 Å². The van der Waals surface area contributed by atoms with E-state index in [9.17, 15) is 19.5 Å². The van der Waals surface area contributed by atoms with E-state index in [1.165, 1.54) is 11.8 Å². The summed E-state index contributed by atoms with van der Waals surface area (Å²) < 4.78 is 6.45. The minimum Gasteiger partial charge on any atom is -0.490 e. The van der Waals surface area contributed by atoms with Gasteiger partial charge in [0.15, 0.2) is 0 Å². The maximum absolute atomic E-state index is 13.5. The fourth-order valence-corrected chi connectivity index (χ4v) is 6.05. The van der Waals surface area contributed by atoms with Gasteiger partial charge >= 0.3 is 0 Å². The van der Waals surface area contributed by atoms with Crippen LogP contribution in [0.3, 0.4) is 0 Å². The molecule has 0 saturated carbocycles. The number of nitrogens with one attached hydrogen (secondary N) is 3. The molecular formula is C29H41N5O5S. The first-order valence-electron chi connectivity index (χ1n) is 13.9. The summed E-state index contributed by atoms with van der Waals surface area (Å²) in [5.74, 6) is -0.336. The Morgan fingerprint density at radius 1 is 1.25 bits per heavy atom. The lowest BCUT2D eigenvalue weighted by molar-refractivity contribution is -0.143. The number of hydrogen-bond acceptors (Lipinski definition) is 8. The maximum Gasteiger partial charge on any atom is 0.246 e. The van der Waals surface area contributed by atoms with E-state index < -0.39 is 23.6 Å². The molecule has 40 heavy (non-hydrogen) atoms. The van der Waals surface area contributed by atoms with Gasteiger partial charge in [0.2, 0.25) is 17.7 Å². The van der Waals surface area contributed by atoms with E-state index in [0.29, 0.717) is 0 Å². The van der Waals surface area contributed by atoms with Crippen LogP contribution in [0.25, 0.3) is 10.4 Å². The number of thiazole rings is 1. The van der Waals surface area contributed by atoms with Crippen LogP contribution in [0.1, 0.15) is 58.2 Å². The fourth-order valence-electron chi connectivity index (χ4n) is 5.25. The molecule has 2 fully saturated rings. The average molecular weight is 572 g/mol. The van der Waals surface area contributed by atoms with E-state index in [2.05, 4.69) is 20.9 Å². The Morgan fingerprint density at radius 3 is 2.60 bits per heavy atom. The highest BCUT2D eigenvalue weighted by atomic mass is 32.1. The molecule has 1 aromatic carbocycles.